The van der Waals surface area contributed by atoms with Gasteiger partial charge in [0.2, 0.25) is 0 Å². The highest BCUT2D eigenvalue weighted by molar-refractivity contribution is 5.94. The van der Waals surface area contributed by atoms with Crippen LogP contribution in [0.25, 0.3) is 5.52 Å². The molecule has 2 aromatic heterocycles. The van der Waals surface area contributed by atoms with Gasteiger partial charge in [-0.15, -0.1) is 0 Å². The molecule has 3 rings (SSSR count). The Balaban J connectivity index is 1.85. The van der Waals surface area contributed by atoms with E-state index in [1.54, 1.807) is 11.0 Å². The molecule has 1 aliphatic heterocycles. The number of rotatable bonds is 2. The Morgan fingerprint density at radius 3 is 2.95 bits per heavy atom. The fourth-order valence-corrected chi connectivity index (χ4v) is 2.70. The number of carbonyl (C=O) groups is 2. The maximum atomic E-state index is 12.8. The van der Waals surface area contributed by atoms with E-state index in [-0.39, 0.29) is 18.5 Å². The summed E-state index contributed by atoms with van der Waals surface area (Å²) in [5.41, 5.74) is 1.54. The number of pyridine rings is 1. The first-order valence-corrected chi connectivity index (χ1v) is 7.21. The number of carbonyl (C=O) groups excluding carboxylic acids is 2. The molecule has 1 atom stereocenters. The van der Waals surface area contributed by atoms with Crippen molar-refractivity contribution in [3.05, 3.63) is 42.2 Å². The maximum Gasteiger partial charge on any atom is 0.312 e. The second-order valence-corrected chi connectivity index (χ2v) is 5.26. The summed E-state index contributed by atoms with van der Waals surface area (Å²) in [5, 5.41) is 0. The number of hydrogen-bond donors (Lipinski definition) is 0. The third kappa shape index (κ3) is 2.69. The van der Waals surface area contributed by atoms with Gasteiger partial charge in [0.15, 0.2) is 0 Å². The third-order valence-corrected chi connectivity index (χ3v) is 3.87. The van der Waals surface area contributed by atoms with Crippen molar-refractivity contribution >= 4 is 17.4 Å². The van der Waals surface area contributed by atoms with Gasteiger partial charge in [-0.05, 0) is 24.3 Å². The number of methoxy groups -OCH3 is 1. The minimum atomic E-state index is -0.442. The molecule has 6 heteroatoms. The summed E-state index contributed by atoms with van der Waals surface area (Å²) >= 11 is 0. The minimum absolute atomic E-state index is 0.106. The fourth-order valence-electron chi connectivity index (χ4n) is 2.70. The Bertz CT molecular complexity index is 694. The van der Waals surface area contributed by atoms with Crippen molar-refractivity contribution in [1.29, 1.82) is 0 Å². The minimum Gasteiger partial charge on any atom is -0.469 e. The van der Waals surface area contributed by atoms with Gasteiger partial charge >= 0.3 is 5.97 Å². The maximum absolute atomic E-state index is 12.8. The standard InChI is InChI=1S/C16H18N2O4/c1-21-16(20)12-10-17(8-9-22-11-12)15(19)14-6-5-13-4-2-3-7-18(13)14/h2-7,12H,8-11H2,1H3. The number of hydrogen-bond acceptors (Lipinski definition) is 4. The van der Waals surface area contributed by atoms with E-state index in [2.05, 4.69) is 0 Å². The first kappa shape index (κ1) is 14.6. The molecule has 116 valence electrons. The van der Waals surface area contributed by atoms with E-state index in [0.717, 1.165) is 5.52 Å². The number of nitrogens with zero attached hydrogens (tertiary/aromatic N) is 2. The van der Waals surface area contributed by atoms with Gasteiger partial charge in [0.25, 0.3) is 5.91 Å². The van der Waals surface area contributed by atoms with Crippen molar-refractivity contribution in [1.82, 2.24) is 9.30 Å². The van der Waals surface area contributed by atoms with Gasteiger partial charge in [-0.3, -0.25) is 9.59 Å². The topological polar surface area (TPSA) is 60.2 Å². The van der Waals surface area contributed by atoms with Crippen LogP contribution in [0.5, 0.6) is 0 Å². The van der Waals surface area contributed by atoms with Crippen LogP contribution in [0, 0.1) is 5.92 Å². The lowest BCUT2D eigenvalue weighted by atomic mass is 10.1. The largest absolute Gasteiger partial charge is 0.469 e. The van der Waals surface area contributed by atoms with Gasteiger partial charge < -0.3 is 18.8 Å². The molecule has 0 bridgehead atoms. The van der Waals surface area contributed by atoms with Crippen LogP contribution < -0.4 is 0 Å². The zero-order valence-corrected chi connectivity index (χ0v) is 12.4. The van der Waals surface area contributed by atoms with Crippen LogP contribution in [0.3, 0.4) is 0 Å². The van der Waals surface area contributed by atoms with Gasteiger partial charge in [0.05, 0.1) is 26.2 Å². The summed E-state index contributed by atoms with van der Waals surface area (Å²) in [7, 11) is 1.35. The quantitative estimate of drug-likeness (QED) is 0.782. The van der Waals surface area contributed by atoms with Gasteiger partial charge in [-0.2, -0.15) is 0 Å². The van der Waals surface area contributed by atoms with Crippen molar-refractivity contribution < 1.29 is 19.1 Å². The number of ether oxygens (including phenoxy) is 2. The lowest BCUT2D eigenvalue weighted by molar-refractivity contribution is -0.147. The second kappa shape index (κ2) is 6.19. The summed E-state index contributed by atoms with van der Waals surface area (Å²) in [4.78, 5) is 26.2. The highest BCUT2D eigenvalue weighted by Gasteiger charge is 2.29. The molecular formula is C16H18N2O4. The third-order valence-electron chi connectivity index (χ3n) is 3.87. The van der Waals surface area contributed by atoms with Crippen molar-refractivity contribution in [3.8, 4) is 0 Å². The first-order valence-electron chi connectivity index (χ1n) is 7.21. The fraction of sp³-hybridized carbons (Fsp3) is 0.375. The van der Waals surface area contributed by atoms with Gasteiger partial charge in [-0.1, -0.05) is 6.07 Å². The summed E-state index contributed by atoms with van der Waals surface area (Å²) in [5.74, 6) is -0.895. The Kier molecular flexibility index (Phi) is 4.11. The molecular weight excluding hydrogens is 284 g/mol. The van der Waals surface area contributed by atoms with Crippen LogP contribution >= 0.6 is 0 Å². The molecule has 1 aliphatic rings. The van der Waals surface area contributed by atoms with E-state index in [1.807, 2.05) is 34.9 Å². The van der Waals surface area contributed by atoms with Crippen LogP contribution in [0.15, 0.2) is 36.5 Å². The summed E-state index contributed by atoms with van der Waals surface area (Å²) < 4.78 is 12.0. The van der Waals surface area contributed by atoms with E-state index < -0.39 is 5.92 Å². The molecule has 1 amide bonds. The molecule has 2 aromatic rings. The lowest BCUT2D eigenvalue weighted by Crippen LogP contribution is -2.38. The molecule has 0 radical (unpaired) electrons. The number of aromatic nitrogens is 1. The molecule has 0 N–H and O–H groups in total. The molecule has 0 aliphatic carbocycles. The van der Waals surface area contributed by atoms with E-state index in [9.17, 15) is 9.59 Å². The molecule has 0 aromatic carbocycles. The zero-order valence-electron chi connectivity index (χ0n) is 12.4. The second-order valence-electron chi connectivity index (χ2n) is 5.26. The molecule has 1 saturated heterocycles. The lowest BCUT2D eigenvalue weighted by Gasteiger charge is -2.22. The molecule has 6 nitrogen and oxygen atoms in total. The average molecular weight is 302 g/mol. The predicted molar refractivity (Wildman–Crippen MR) is 79.6 cm³/mol. The van der Waals surface area contributed by atoms with Gasteiger partial charge in [0.1, 0.15) is 5.69 Å². The van der Waals surface area contributed by atoms with Crippen molar-refractivity contribution in [3.63, 3.8) is 0 Å². The van der Waals surface area contributed by atoms with Gasteiger partial charge in [0, 0.05) is 24.8 Å². The van der Waals surface area contributed by atoms with Crippen LogP contribution in [0.4, 0.5) is 0 Å². The van der Waals surface area contributed by atoms with Crippen LogP contribution in [-0.2, 0) is 14.3 Å². The molecule has 1 fully saturated rings. The molecule has 3 heterocycles. The Hall–Kier alpha value is -2.34. The van der Waals surface area contributed by atoms with Gasteiger partial charge in [-0.25, -0.2) is 0 Å². The van der Waals surface area contributed by atoms with Crippen LogP contribution in [0.1, 0.15) is 10.5 Å². The van der Waals surface area contributed by atoms with Crippen molar-refractivity contribution in [2.45, 2.75) is 0 Å². The predicted octanol–water partition coefficient (Wildman–Crippen LogP) is 1.20. The van der Waals surface area contributed by atoms with Crippen LogP contribution in [-0.4, -0.2) is 54.6 Å². The van der Waals surface area contributed by atoms with Crippen LogP contribution in [0.2, 0.25) is 0 Å². The Morgan fingerprint density at radius 1 is 1.27 bits per heavy atom. The summed E-state index contributed by atoms with van der Waals surface area (Å²) in [6.45, 7) is 1.48. The molecule has 0 saturated carbocycles. The molecule has 1 unspecified atom stereocenters. The Morgan fingerprint density at radius 2 is 2.14 bits per heavy atom. The smallest absolute Gasteiger partial charge is 0.312 e. The molecule has 0 spiro atoms. The number of fused-ring (bicyclic) bond motifs is 1. The Labute approximate surface area is 128 Å². The average Bonchev–Trinajstić information content (AvgIpc) is 2.82. The number of esters is 1. The first-order chi connectivity index (χ1) is 10.7. The highest BCUT2D eigenvalue weighted by atomic mass is 16.5. The summed E-state index contributed by atoms with van der Waals surface area (Å²) in [6.07, 6.45) is 1.86. The van der Waals surface area contributed by atoms with Crippen molar-refractivity contribution in [2.24, 2.45) is 5.92 Å². The monoisotopic (exact) mass is 302 g/mol. The normalized spacial score (nSPS) is 19.0. The number of amides is 1. The van der Waals surface area contributed by atoms with E-state index in [1.165, 1.54) is 7.11 Å². The van der Waals surface area contributed by atoms with Crippen molar-refractivity contribution in [2.75, 3.05) is 33.4 Å². The van der Waals surface area contributed by atoms with E-state index in [0.29, 0.717) is 25.4 Å². The molecule has 22 heavy (non-hydrogen) atoms. The SMILES string of the molecule is COC(=O)C1COCCN(C(=O)c2ccc3ccccn23)C1. The van der Waals surface area contributed by atoms with E-state index in [4.69, 9.17) is 9.47 Å². The van der Waals surface area contributed by atoms with E-state index >= 15 is 0 Å². The zero-order chi connectivity index (χ0) is 15.5. The summed E-state index contributed by atoms with van der Waals surface area (Å²) in [6, 6.07) is 9.46. The highest BCUT2D eigenvalue weighted by Crippen LogP contribution is 2.15.